The van der Waals surface area contributed by atoms with Crippen molar-refractivity contribution in [3.05, 3.63) is 54.1 Å². The number of carbonyl (C=O) groups is 1. The van der Waals surface area contributed by atoms with Crippen LogP contribution in [0.5, 0.6) is 11.5 Å². The summed E-state index contributed by atoms with van der Waals surface area (Å²) in [4.78, 5) is 12.9. The molecule has 0 aliphatic rings. The molecule has 0 radical (unpaired) electrons. The molecule has 0 spiro atoms. The third-order valence-electron chi connectivity index (χ3n) is 4.23. The molecule has 1 N–H and O–H groups in total. The van der Waals surface area contributed by atoms with Crippen LogP contribution in [0.3, 0.4) is 0 Å². The van der Waals surface area contributed by atoms with Gasteiger partial charge >= 0.3 is 0 Å². The second-order valence-corrected chi connectivity index (χ2v) is 6.21. The van der Waals surface area contributed by atoms with E-state index in [4.69, 9.17) is 14.2 Å². The van der Waals surface area contributed by atoms with Gasteiger partial charge in [-0.15, -0.1) is 0 Å². The van der Waals surface area contributed by atoms with E-state index in [1.165, 1.54) is 0 Å². The normalized spacial score (nSPS) is 10.5. The Kier molecular flexibility index (Phi) is 9.89. The zero-order chi connectivity index (χ0) is 20.0. The minimum Gasteiger partial charge on any atom is -0.496 e. The zero-order valence-corrected chi connectivity index (χ0v) is 16.7. The lowest BCUT2D eigenvalue weighted by atomic mass is 10.2. The molecule has 0 saturated heterocycles. The second kappa shape index (κ2) is 12.8. The highest BCUT2D eigenvalue weighted by molar-refractivity contribution is 5.75. The van der Waals surface area contributed by atoms with E-state index in [1.807, 2.05) is 55.5 Å². The second-order valence-electron chi connectivity index (χ2n) is 6.21. The molecule has 6 nitrogen and oxygen atoms in total. The molecule has 0 aliphatic heterocycles. The Hall–Kier alpha value is -2.57. The average Bonchev–Trinajstić information content (AvgIpc) is 2.74. The summed E-state index contributed by atoms with van der Waals surface area (Å²) in [6, 6.07) is 15.4. The van der Waals surface area contributed by atoms with Crippen molar-refractivity contribution in [2.45, 2.75) is 20.0 Å². The maximum Gasteiger partial charge on any atom is 0.214 e. The molecule has 0 fully saturated rings. The first-order valence-corrected chi connectivity index (χ1v) is 9.63. The third kappa shape index (κ3) is 7.21. The molecule has 0 heterocycles. The molecule has 28 heavy (non-hydrogen) atoms. The van der Waals surface area contributed by atoms with Crippen molar-refractivity contribution < 1.29 is 19.0 Å². The summed E-state index contributed by atoms with van der Waals surface area (Å²) in [6.45, 7) is 6.04. The lowest BCUT2D eigenvalue weighted by Gasteiger charge is -2.18. The summed E-state index contributed by atoms with van der Waals surface area (Å²) < 4.78 is 16.8. The summed E-state index contributed by atoms with van der Waals surface area (Å²) in [5.74, 6) is 1.62. The Morgan fingerprint density at radius 2 is 1.86 bits per heavy atom. The fourth-order valence-electron chi connectivity index (χ4n) is 2.71. The SMILES string of the molecule is CCNCCN(C=O)c1ccc(OCCCOCc2ccccc2OC)cc1. The van der Waals surface area contributed by atoms with Crippen molar-refractivity contribution in [2.24, 2.45) is 0 Å². The number of benzene rings is 2. The van der Waals surface area contributed by atoms with E-state index >= 15 is 0 Å². The van der Waals surface area contributed by atoms with Gasteiger partial charge in [0.2, 0.25) is 6.41 Å². The fourth-order valence-corrected chi connectivity index (χ4v) is 2.71. The van der Waals surface area contributed by atoms with Crippen LogP contribution in [-0.4, -0.2) is 46.4 Å². The van der Waals surface area contributed by atoms with Gasteiger partial charge in [-0.3, -0.25) is 4.79 Å². The summed E-state index contributed by atoms with van der Waals surface area (Å²) in [5, 5.41) is 3.21. The van der Waals surface area contributed by atoms with Gasteiger partial charge in [0.1, 0.15) is 11.5 Å². The average molecular weight is 386 g/mol. The van der Waals surface area contributed by atoms with Crippen LogP contribution in [0.25, 0.3) is 0 Å². The first-order chi connectivity index (χ1) is 13.8. The van der Waals surface area contributed by atoms with E-state index in [2.05, 4.69) is 5.32 Å². The van der Waals surface area contributed by atoms with E-state index in [-0.39, 0.29) is 0 Å². The lowest BCUT2D eigenvalue weighted by molar-refractivity contribution is -0.107. The highest BCUT2D eigenvalue weighted by atomic mass is 16.5. The zero-order valence-electron chi connectivity index (χ0n) is 16.7. The minimum absolute atomic E-state index is 0.521. The van der Waals surface area contributed by atoms with Gasteiger partial charge < -0.3 is 24.4 Å². The predicted octanol–water partition coefficient (Wildman–Crippen LogP) is 3.25. The first-order valence-electron chi connectivity index (χ1n) is 9.63. The largest absolute Gasteiger partial charge is 0.496 e. The van der Waals surface area contributed by atoms with Crippen molar-refractivity contribution in [3.63, 3.8) is 0 Å². The molecule has 0 aromatic heterocycles. The number of methoxy groups -OCH3 is 1. The number of likely N-dealkylation sites (N-methyl/N-ethyl adjacent to an activating group) is 1. The quantitative estimate of drug-likeness (QED) is 0.399. The Labute approximate surface area is 167 Å². The molecule has 0 bridgehead atoms. The highest BCUT2D eigenvalue weighted by Gasteiger charge is 2.05. The summed E-state index contributed by atoms with van der Waals surface area (Å²) in [7, 11) is 1.66. The molecule has 0 unspecified atom stereocenters. The smallest absolute Gasteiger partial charge is 0.214 e. The van der Waals surface area contributed by atoms with Crippen molar-refractivity contribution in [1.82, 2.24) is 5.32 Å². The minimum atomic E-state index is 0.521. The molecule has 1 amide bonds. The molecule has 2 rings (SSSR count). The predicted molar refractivity (Wildman–Crippen MR) is 111 cm³/mol. The van der Waals surface area contributed by atoms with Gasteiger partial charge in [-0.1, -0.05) is 25.1 Å². The van der Waals surface area contributed by atoms with Crippen molar-refractivity contribution >= 4 is 12.1 Å². The van der Waals surface area contributed by atoms with Crippen LogP contribution in [0.2, 0.25) is 0 Å². The number of rotatable bonds is 14. The Bertz CT molecular complexity index is 691. The van der Waals surface area contributed by atoms with Crippen LogP contribution in [0, 0.1) is 0 Å². The number of nitrogens with one attached hydrogen (secondary N) is 1. The van der Waals surface area contributed by atoms with Gasteiger partial charge in [0, 0.05) is 30.8 Å². The molecule has 2 aromatic rings. The van der Waals surface area contributed by atoms with E-state index in [0.717, 1.165) is 48.7 Å². The van der Waals surface area contributed by atoms with Crippen LogP contribution in [0.15, 0.2) is 48.5 Å². The molecule has 0 atom stereocenters. The number of carbonyl (C=O) groups excluding carboxylic acids is 1. The molecule has 6 heteroatoms. The molecule has 0 aliphatic carbocycles. The van der Waals surface area contributed by atoms with E-state index in [9.17, 15) is 4.79 Å². The maximum atomic E-state index is 11.2. The fraction of sp³-hybridized carbons (Fsp3) is 0.409. The molecular weight excluding hydrogens is 356 g/mol. The van der Waals surface area contributed by atoms with Crippen LogP contribution in [0.4, 0.5) is 5.69 Å². The number of hydrogen-bond donors (Lipinski definition) is 1. The van der Waals surface area contributed by atoms with Gasteiger partial charge in [-0.05, 0) is 36.9 Å². The first kappa shape index (κ1) is 21.7. The number of anilines is 1. The number of hydrogen-bond acceptors (Lipinski definition) is 5. The van der Waals surface area contributed by atoms with E-state index in [1.54, 1.807) is 12.0 Å². The standard InChI is InChI=1S/C22H30N2O4/c1-3-23-13-14-24(18-25)20-9-11-21(12-10-20)28-16-6-15-27-17-19-7-4-5-8-22(19)26-2/h4-5,7-12,18,23H,3,6,13-17H2,1-2H3. The topological polar surface area (TPSA) is 60.0 Å². The van der Waals surface area contributed by atoms with Gasteiger partial charge in [0.15, 0.2) is 0 Å². The van der Waals surface area contributed by atoms with Gasteiger partial charge in [0.05, 0.1) is 26.9 Å². The monoisotopic (exact) mass is 386 g/mol. The van der Waals surface area contributed by atoms with Gasteiger partial charge in [-0.25, -0.2) is 0 Å². The Balaban J connectivity index is 1.67. The Morgan fingerprint density at radius 3 is 2.57 bits per heavy atom. The van der Waals surface area contributed by atoms with Crippen molar-refractivity contribution in [1.29, 1.82) is 0 Å². The summed E-state index contributed by atoms with van der Waals surface area (Å²) >= 11 is 0. The summed E-state index contributed by atoms with van der Waals surface area (Å²) in [6.07, 6.45) is 1.65. The molecule has 0 saturated carbocycles. The number of nitrogens with zero attached hydrogens (tertiary/aromatic N) is 1. The van der Waals surface area contributed by atoms with E-state index < -0.39 is 0 Å². The van der Waals surface area contributed by atoms with E-state index in [0.29, 0.717) is 26.4 Å². The maximum absolute atomic E-state index is 11.2. The number of ether oxygens (including phenoxy) is 3. The third-order valence-corrected chi connectivity index (χ3v) is 4.23. The molecule has 2 aromatic carbocycles. The summed E-state index contributed by atoms with van der Waals surface area (Å²) in [5.41, 5.74) is 1.90. The van der Waals surface area contributed by atoms with Crippen LogP contribution < -0.4 is 19.7 Å². The molecular formula is C22H30N2O4. The van der Waals surface area contributed by atoms with Crippen LogP contribution >= 0.6 is 0 Å². The van der Waals surface area contributed by atoms with Crippen molar-refractivity contribution in [2.75, 3.05) is 44.9 Å². The lowest BCUT2D eigenvalue weighted by Crippen LogP contribution is -2.30. The molecule has 152 valence electrons. The van der Waals surface area contributed by atoms with Crippen molar-refractivity contribution in [3.8, 4) is 11.5 Å². The van der Waals surface area contributed by atoms with Gasteiger partial charge in [-0.2, -0.15) is 0 Å². The number of para-hydroxylation sites is 1. The highest BCUT2D eigenvalue weighted by Crippen LogP contribution is 2.19. The van der Waals surface area contributed by atoms with Gasteiger partial charge in [0.25, 0.3) is 0 Å². The Morgan fingerprint density at radius 1 is 1.07 bits per heavy atom. The van der Waals surface area contributed by atoms with Crippen LogP contribution in [-0.2, 0) is 16.1 Å². The number of amides is 1. The van der Waals surface area contributed by atoms with Crippen LogP contribution in [0.1, 0.15) is 18.9 Å².